The Morgan fingerprint density at radius 3 is 1.58 bits per heavy atom. The molecule has 4 aromatic carbocycles. The van der Waals surface area contributed by atoms with Gasteiger partial charge in [0, 0.05) is 45.3 Å². The topological polar surface area (TPSA) is 411 Å². The summed E-state index contributed by atoms with van der Waals surface area (Å²) in [4.78, 5) is 90.0. The fourth-order valence-electron chi connectivity index (χ4n) is 12.7. The largest absolute Gasteiger partial charge is 0.493 e. The van der Waals surface area contributed by atoms with Crippen LogP contribution in [0.5, 0.6) is 34.5 Å². The number of carbonyl (C=O) groups is 6. The number of amides is 5. The molecule has 0 aromatic heterocycles. The van der Waals surface area contributed by atoms with Crippen molar-refractivity contribution in [2.45, 2.75) is 152 Å². The fourth-order valence-corrected chi connectivity index (χ4v) is 12.7. The molecular weight excluding hydrogens is 1330 g/mol. The maximum Gasteiger partial charge on any atom is 0.416 e. The number of ether oxygens (including phenoxy) is 11. The number of anilines is 2. The third kappa shape index (κ3) is 16.5. The lowest BCUT2D eigenvalue weighted by Crippen LogP contribution is -2.60. The highest BCUT2D eigenvalue weighted by Crippen LogP contribution is 2.45. The minimum absolute atomic E-state index is 0.00324. The number of fused-ring (bicyclic) bond motifs is 4. The number of methoxy groups -OCH3 is 3. The van der Waals surface area contributed by atoms with Crippen LogP contribution in [0.15, 0.2) is 85.0 Å². The van der Waals surface area contributed by atoms with E-state index in [0.717, 1.165) is 9.80 Å². The van der Waals surface area contributed by atoms with Crippen LogP contribution in [-0.4, -0.2) is 245 Å². The molecule has 31 heteroatoms. The van der Waals surface area contributed by atoms with Crippen molar-refractivity contribution in [1.82, 2.24) is 15.1 Å². The number of rotatable bonds is 25. The highest BCUT2D eigenvalue weighted by atomic mass is 16.7. The first-order chi connectivity index (χ1) is 48.1. The second kappa shape index (κ2) is 32.1. The standard InChI is InChI=1S/C70H87N5O26/c1-35-20-45-64(87)74(68(89)97-32-37-12-14-49(41(22-37)47(77)28-70(3,4)5)99-66-59(82)56(79)48(78)34-96-66)43-26-53(51(92-7)24-39(43)62(85)72(45)29-35)94-17-10-9-11-18-95-54-27-44-40(25-52(54)93-8)63(86)73-30-36(2)21-46(73)65(88)75(44)69(90)98-33-38-13-15-50(42(23-38)61(84)71-16-19-91-6)100-67-60(83)58(81)57(80)55(31-76)101-67/h12-15,22-27,45-46,48,55-60,64-67,76,78-83,87-88H,1-2,9-11,16-21,28-34H2,3-8H3,(H,71,84)/t45-,46-,48+,55+,56-,57-,58-,59+,60+,64?,65?,66-,67+/m0/s1. The molecule has 10 rings (SSSR count). The van der Waals surface area contributed by atoms with Crippen LogP contribution in [0.2, 0.25) is 0 Å². The molecule has 101 heavy (non-hydrogen) atoms. The van der Waals surface area contributed by atoms with E-state index in [0.29, 0.717) is 36.0 Å². The Balaban J connectivity index is 0.821. The number of unbranched alkanes of at least 4 members (excludes halogenated alkanes) is 2. The molecule has 13 atom stereocenters. The van der Waals surface area contributed by atoms with Gasteiger partial charge in [0.05, 0.1) is 93.0 Å². The summed E-state index contributed by atoms with van der Waals surface area (Å²) in [7, 11) is 4.18. The summed E-state index contributed by atoms with van der Waals surface area (Å²) in [5.41, 5.74) is 1.09. The number of Topliss-reactive ketones (excluding diaryl/α,β-unsaturated/α-hetero) is 1. The molecule has 0 radical (unpaired) electrons. The van der Waals surface area contributed by atoms with E-state index < -0.39 is 135 Å². The number of carbonyl (C=O) groups excluding carboxylic acids is 6. The van der Waals surface area contributed by atoms with E-state index in [1.165, 1.54) is 91.8 Å². The lowest BCUT2D eigenvalue weighted by Gasteiger charge is -2.39. The van der Waals surface area contributed by atoms with Crippen LogP contribution in [0.3, 0.4) is 0 Å². The highest BCUT2D eigenvalue weighted by molar-refractivity contribution is 6.07. The molecule has 31 nitrogen and oxygen atoms in total. The van der Waals surface area contributed by atoms with Crippen LogP contribution in [-0.2, 0) is 36.9 Å². The number of aliphatic hydroxyl groups excluding tert-OH is 9. The summed E-state index contributed by atoms with van der Waals surface area (Å²) in [6.07, 6.45) is -18.1. The van der Waals surface area contributed by atoms with E-state index in [4.69, 9.17) is 52.1 Å². The summed E-state index contributed by atoms with van der Waals surface area (Å²) in [5.74, 6) is -1.80. The zero-order valence-corrected chi connectivity index (χ0v) is 56.8. The lowest BCUT2D eigenvalue weighted by molar-refractivity contribution is -0.277. The molecule has 548 valence electrons. The minimum Gasteiger partial charge on any atom is -0.493 e. The monoisotopic (exact) mass is 1410 g/mol. The molecule has 0 spiro atoms. The first-order valence-corrected chi connectivity index (χ1v) is 32.9. The zero-order chi connectivity index (χ0) is 72.9. The predicted molar refractivity (Wildman–Crippen MR) is 354 cm³/mol. The quantitative estimate of drug-likeness (QED) is 0.0259. The van der Waals surface area contributed by atoms with Gasteiger partial charge in [0.2, 0.25) is 12.6 Å². The first-order valence-electron chi connectivity index (χ1n) is 32.9. The van der Waals surface area contributed by atoms with Crippen LogP contribution >= 0.6 is 0 Å². The summed E-state index contributed by atoms with van der Waals surface area (Å²) >= 11 is 0. The Morgan fingerprint density at radius 2 is 1.09 bits per heavy atom. The summed E-state index contributed by atoms with van der Waals surface area (Å²) < 4.78 is 63.5. The van der Waals surface area contributed by atoms with E-state index in [1.807, 2.05) is 20.8 Å². The molecule has 0 aliphatic carbocycles. The number of aliphatic hydroxyl groups is 9. The van der Waals surface area contributed by atoms with Gasteiger partial charge in [0.25, 0.3) is 17.7 Å². The van der Waals surface area contributed by atoms with Crippen molar-refractivity contribution in [3.05, 3.63) is 118 Å². The molecule has 6 aliphatic rings. The summed E-state index contributed by atoms with van der Waals surface area (Å²) in [6.45, 7) is 12.2. The Bertz CT molecular complexity index is 3750. The van der Waals surface area contributed by atoms with Crippen LogP contribution in [0.4, 0.5) is 21.0 Å². The SMILES string of the molecule is C=C1C[C@H]2C(O)N(C(=O)OCc3ccc(O[C@@H]4OC[C@@H](O)[C@H](O)[C@H]4O)c(C(=O)CC(C)(C)C)c3)c3cc(OCCCCCOc4cc5c(cc4OC)C(=O)N4CC(=C)C[C@H]4C(O)N5C(=O)OCc4ccc(O[C@@H]5O[C@H](CO)[C@H](O)[C@H](O)[C@H]5O)c(C(=O)NCCOC)c4)c(OC)cc3C(=O)N2C1. The van der Waals surface area contributed by atoms with Gasteiger partial charge in [-0.05, 0) is 85.0 Å². The number of benzene rings is 4. The maximum absolute atomic E-state index is 14.5. The summed E-state index contributed by atoms with van der Waals surface area (Å²) in [5, 5.41) is 99.0. The van der Waals surface area contributed by atoms with E-state index >= 15 is 0 Å². The Labute approximate surface area is 581 Å². The third-order valence-electron chi connectivity index (χ3n) is 18.0. The van der Waals surface area contributed by atoms with Gasteiger partial charge >= 0.3 is 12.2 Å². The van der Waals surface area contributed by atoms with Crippen molar-refractivity contribution < 1.29 is 127 Å². The minimum atomic E-state index is -1.81. The van der Waals surface area contributed by atoms with Crippen molar-refractivity contribution in [2.24, 2.45) is 5.41 Å². The van der Waals surface area contributed by atoms with Gasteiger partial charge in [0.15, 0.2) is 41.2 Å². The van der Waals surface area contributed by atoms with Crippen LogP contribution in [0, 0.1) is 5.41 Å². The molecule has 4 aromatic rings. The van der Waals surface area contributed by atoms with Crippen molar-refractivity contribution in [2.75, 3.05) is 83.8 Å². The number of hydrogen-bond donors (Lipinski definition) is 10. The normalized spacial score (nSPS) is 25.6. The number of hydrogen-bond acceptors (Lipinski definition) is 26. The molecule has 4 saturated heterocycles. The third-order valence-corrected chi connectivity index (χ3v) is 18.0. The molecule has 0 saturated carbocycles. The van der Waals surface area contributed by atoms with E-state index in [2.05, 4.69) is 18.5 Å². The molecule has 2 unspecified atom stereocenters. The van der Waals surface area contributed by atoms with Crippen LogP contribution < -0.4 is 43.5 Å². The molecular formula is C70H87N5O26. The van der Waals surface area contributed by atoms with Crippen molar-refractivity contribution in [1.29, 1.82) is 0 Å². The van der Waals surface area contributed by atoms with Gasteiger partial charge in [-0.15, -0.1) is 0 Å². The average Bonchev–Trinajstić information content (AvgIpc) is 1.62. The van der Waals surface area contributed by atoms with Gasteiger partial charge in [-0.25, -0.2) is 19.4 Å². The Kier molecular flexibility index (Phi) is 23.8. The number of nitrogens with zero attached hydrogens (tertiary/aromatic N) is 4. The molecule has 0 bridgehead atoms. The first kappa shape index (κ1) is 75.0. The van der Waals surface area contributed by atoms with Gasteiger partial charge in [-0.2, -0.15) is 0 Å². The van der Waals surface area contributed by atoms with Gasteiger partial charge in [0.1, 0.15) is 67.4 Å². The van der Waals surface area contributed by atoms with Gasteiger partial charge in [-0.1, -0.05) is 57.2 Å². The Morgan fingerprint density at radius 1 is 0.594 bits per heavy atom. The van der Waals surface area contributed by atoms with E-state index in [-0.39, 0.29) is 145 Å². The molecule has 10 N–H and O–H groups in total. The lowest BCUT2D eigenvalue weighted by atomic mass is 9.87. The Hall–Kier alpha value is -8.70. The molecule has 5 amide bonds. The molecule has 4 fully saturated rings. The smallest absolute Gasteiger partial charge is 0.416 e. The predicted octanol–water partition coefficient (Wildman–Crippen LogP) is 2.82. The van der Waals surface area contributed by atoms with Gasteiger partial charge < -0.3 is 113 Å². The van der Waals surface area contributed by atoms with E-state index in [1.54, 1.807) is 0 Å². The molecule has 6 heterocycles. The second-order valence-electron chi connectivity index (χ2n) is 26.6. The zero-order valence-electron chi connectivity index (χ0n) is 56.8. The highest BCUT2D eigenvalue weighted by Gasteiger charge is 2.50. The van der Waals surface area contributed by atoms with Crippen LogP contribution in [0.25, 0.3) is 0 Å². The number of nitrogens with one attached hydrogen (secondary N) is 1. The van der Waals surface area contributed by atoms with Crippen molar-refractivity contribution >= 4 is 47.1 Å². The maximum atomic E-state index is 14.5. The van der Waals surface area contributed by atoms with E-state index in [9.17, 15) is 74.7 Å². The van der Waals surface area contributed by atoms with Gasteiger partial charge in [-0.3, -0.25) is 19.2 Å². The number of ketones is 1. The fraction of sp³-hybridized carbons (Fsp3) is 0.514. The van der Waals surface area contributed by atoms with Crippen molar-refractivity contribution in [3.8, 4) is 34.5 Å². The van der Waals surface area contributed by atoms with Crippen molar-refractivity contribution in [3.63, 3.8) is 0 Å². The van der Waals surface area contributed by atoms with Crippen LogP contribution in [0.1, 0.15) is 112 Å². The second-order valence-corrected chi connectivity index (χ2v) is 26.6. The average molecular weight is 1410 g/mol. The molecule has 6 aliphatic heterocycles. The summed E-state index contributed by atoms with van der Waals surface area (Å²) in [6, 6.07) is 12.2.